The predicted molar refractivity (Wildman–Crippen MR) is 86.8 cm³/mol. The van der Waals surface area contributed by atoms with Crippen LogP contribution in [-0.2, 0) is 0 Å². The van der Waals surface area contributed by atoms with Crippen molar-refractivity contribution in [2.45, 2.75) is 45.4 Å². The van der Waals surface area contributed by atoms with Gasteiger partial charge in [-0.2, -0.15) is 0 Å². The van der Waals surface area contributed by atoms with Gasteiger partial charge in [-0.15, -0.1) is 0 Å². The molecule has 0 unspecified atom stereocenters. The highest BCUT2D eigenvalue weighted by Crippen LogP contribution is 2.18. The fourth-order valence-electron chi connectivity index (χ4n) is 2.43. The second-order valence-electron chi connectivity index (χ2n) is 5.61. The lowest BCUT2D eigenvalue weighted by atomic mass is 10.0. The van der Waals surface area contributed by atoms with E-state index in [-0.39, 0.29) is 0 Å². The molecule has 19 heavy (non-hydrogen) atoms. The zero-order valence-electron chi connectivity index (χ0n) is 12.0. The van der Waals surface area contributed by atoms with Gasteiger partial charge in [-0.05, 0) is 48.7 Å². The molecule has 0 amide bonds. The Morgan fingerprint density at radius 1 is 1.05 bits per heavy atom. The molecule has 1 aliphatic heterocycles. The highest BCUT2D eigenvalue weighted by Gasteiger charge is 2.12. The van der Waals surface area contributed by atoms with Gasteiger partial charge in [0.2, 0.25) is 0 Å². The summed E-state index contributed by atoms with van der Waals surface area (Å²) in [4.78, 5) is 2.30. The molecule has 0 atom stereocenters. The van der Waals surface area contributed by atoms with E-state index in [0.29, 0.717) is 5.92 Å². The summed E-state index contributed by atoms with van der Waals surface area (Å²) in [6.45, 7) is 6.61. The lowest BCUT2D eigenvalue weighted by molar-refractivity contribution is 0.441. The van der Waals surface area contributed by atoms with Gasteiger partial charge in [0, 0.05) is 18.8 Å². The topological polar surface area (TPSA) is 15.3 Å². The van der Waals surface area contributed by atoms with Crippen LogP contribution in [0.25, 0.3) is 0 Å². The van der Waals surface area contributed by atoms with Crippen LogP contribution in [0.5, 0.6) is 0 Å². The number of benzene rings is 1. The SMILES string of the molecule is CC(C)c1ccc(NC(=S)N2CCCCCC2)cc1. The van der Waals surface area contributed by atoms with Crippen molar-refractivity contribution < 1.29 is 0 Å². The molecule has 1 aromatic carbocycles. The lowest BCUT2D eigenvalue weighted by Crippen LogP contribution is -2.35. The first-order chi connectivity index (χ1) is 9.16. The molecule has 2 rings (SSSR count). The van der Waals surface area contributed by atoms with E-state index in [9.17, 15) is 0 Å². The molecule has 3 heteroatoms. The van der Waals surface area contributed by atoms with Gasteiger partial charge in [0.15, 0.2) is 5.11 Å². The van der Waals surface area contributed by atoms with Crippen molar-refractivity contribution in [2.75, 3.05) is 18.4 Å². The average Bonchev–Trinajstić information content (AvgIpc) is 2.68. The standard InChI is InChI=1S/C16H24N2S/c1-13(2)14-7-9-15(10-8-14)17-16(19)18-11-5-3-4-6-12-18/h7-10,13H,3-6,11-12H2,1-2H3,(H,17,19). The molecule has 0 aromatic heterocycles. The van der Waals surface area contributed by atoms with Crippen LogP contribution in [0.2, 0.25) is 0 Å². The van der Waals surface area contributed by atoms with Crippen LogP contribution < -0.4 is 5.32 Å². The van der Waals surface area contributed by atoms with Crippen molar-refractivity contribution >= 4 is 23.0 Å². The molecule has 1 aromatic rings. The number of likely N-dealkylation sites (tertiary alicyclic amines) is 1. The van der Waals surface area contributed by atoms with E-state index in [2.05, 4.69) is 48.3 Å². The number of nitrogens with zero attached hydrogens (tertiary/aromatic N) is 1. The van der Waals surface area contributed by atoms with Crippen LogP contribution in [0.15, 0.2) is 24.3 Å². The molecule has 1 heterocycles. The van der Waals surface area contributed by atoms with Crippen molar-refractivity contribution in [1.82, 2.24) is 4.90 Å². The third kappa shape index (κ3) is 4.20. The van der Waals surface area contributed by atoms with Crippen LogP contribution in [0.3, 0.4) is 0 Å². The van der Waals surface area contributed by atoms with Crippen molar-refractivity contribution in [3.8, 4) is 0 Å². The summed E-state index contributed by atoms with van der Waals surface area (Å²) in [5.74, 6) is 0.576. The highest BCUT2D eigenvalue weighted by molar-refractivity contribution is 7.80. The first-order valence-electron chi connectivity index (χ1n) is 7.32. The van der Waals surface area contributed by atoms with E-state index in [1.807, 2.05) is 0 Å². The van der Waals surface area contributed by atoms with E-state index in [4.69, 9.17) is 12.2 Å². The number of hydrogen-bond donors (Lipinski definition) is 1. The van der Waals surface area contributed by atoms with Crippen LogP contribution >= 0.6 is 12.2 Å². The second-order valence-corrected chi connectivity index (χ2v) is 5.99. The summed E-state index contributed by atoms with van der Waals surface area (Å²) in [6, 6.07) is 8.61. The minimum absolute atomic E-state index is 0.576. The van der Waals surface area contributed by atoms with Gasteiger partial charge in [0.25, 0.3) is 0 Å². The van der Waals surface area contributed by atoms with Crippen molar-refractivity contribution in [3.63, 3.8) is 0 Å². The molecule has 104 valence electrons. The molecule has 0 saturated carbocycles. The van der Waals surface area contributed by atoms with Crippen LogP contribution in [-0.4, -0.2) is 23.1 Å². The average molecular weight is 276 g/mol. The van der Waals surface area contributed by atoms with E-state index in [1.54, 1.807) is 0 Å². The first-order valence-corrected chi connectivity index (χ1v) is 7.73. The van der Waals surface area contributed by atoms with E-state index < -0.39 is 0 Å². The minimum atomic E-state index is 0.576. The molecule has 1 fully saturated rings. The van der Waals surface area contributed by atoms with Gasteiger partial charge in [0.05, 0.1) is 0 Å². The van der Waals surface area contributed by atoms with Crippen LogP contribution in [0, 0.1) is 0 Å². The smallest absolute Gasteiger partial charge is 0.173 e. The number of thiocarbonyl (C=S) groups is 1. The Balaban J connectivity index is 1.94. The number of hydrogen-bond acceptors (Lipinski definition) is 1. The van der Waals surface area contributed by atoms with Gasteiger partial charge in [0.1, 0.15) is 0 Å². The Bertz CT molecular complexity index is 403. The highest BCUT2D eigenvalue weighted by atomic mass is 32.1. The summed E-state index contributed by atoms with van der Waals surface area (Å²) >= 11 is 5.52. The fraction of sp³-hybridized carbons (Fsp3) is 0.562. The molecule has 0 radical (unpaired) electrons. The van der Waals surface area contributed by atoms with Gasteiger partial charge in [-0.3, -0.25) is 0 Å². The molecule has 0 bridgehead atoms. The van der Waals surface area contributed by atoms with Gasteiger partial charge in [-0.25, -0.2) is 0 Å². The monoisotopic (exact) mass is 276 g/mol. The van der Waals surface area contributed by atoms with Gasteiger partial charge in [-0.1, -0.05) is 38.8 Å². The van der Waals surface area contributed by atoms with Crippen molar-refractivity contribution in [2.24, 2.45) is 0 Å². The fourth-order valence-corrected chi connectivity index (χ4v) is 2.73. The third-order valence-corrected chi connectivity index (χ3v) is 4.08. The van der Waals surface area contributed by atoms with E-state index >= 15 is 0 Å². The van der Waals surface area contributed by atoms with Gasteiger partial charge < -0.3 is 10.2 Å². The van der Waals surface area contributed by atoms with E-state index in [0.717, 1.165) is 23.9 Å². The van der Waals surface area contributed by atoms with E-state index in [1.165, 1.54) is 31.2 Å². The Kier molecular flexibility index (Phi) is 5.20. The van der Waals surface area contributed by atoms with Gasteiger partial charge >= 0.3 is 0 Å². The quantitative estimate of drug-likeness (QED) is 0.807. The van der Waals surface area contributed by atoms with Crippen molar-refractivity contribution in [3.05, 3.63) is 29.8 Å². The third-order valence-electron chi connectivity index (χ3n) is 3.72. The molecule has 0 spiro atoms. The number of nitrogens with one attached hydrogen (secondary N) is 1. The first kappa shape index (κ1) is 14.3. The maximum Gasteiger partial charge on any atom is 0.173 e. The van der Waals surface area contributed by atoms with Crippen molar-refractivity contribution in [1.29, 1.82) is 0 Å². The molecule has 1 aliphatic rings. The normalized spacial score (nSPS) is 16.3. The molecular formula is C16H24N2S. The lowest BCUT2D eigenvalue weighted by Gasteiger charge is -2.24. The number of anilines is 1. The predicted octanol–water partition coefficient (Wildman–Crippen LogP) is 4.38. The largest absolute Gasteiger partial charge is 0.349 e. The molecule has 1 saturated heterocycles. The summed E-state index contributed by atoms with van der Waals surface area (Å²) in [5, 5.41) is 4.24. The molecular weight excluding hydrogens is 252 g/mol. The zero-order chi connectivity index (χ0) is 13.7. The molecule has 1 N–H and O–H groups in total. The van der Waals surface area contributed by atoms with Crippen LogP contribution in [0.4, 0.5) is 5.69 Å². The Hall–Kier alpha value is -1.09. The maximum absolute atomic E-state index is 5.52. The second kappa shape index (κ2) is 6.90. The van der Waals surface area contributed by atoms with Crippen LogP contribution in [0.1, 0.15) is 51.0 Å². The Labute approximate surface area is 122 Å². The minimum Gasteiger partial charge on any atom is -0.349 e. The summed E-state index contributed by atoms with van der Waals surface area (Å²) < 4.78 is 0. The zero-order valence-corrected chi connectivity index (χ0v) is 12.8. The Morgan fingerprint density at radius 2 is 1.63 bits per heavy atom. The molecule has 2 nitrogen and oxygen atoms in total. The Morgan fingerprint density at radius 3 is 2.16 bits per heavy atom. The summed E-state index contributed by atoms with van der Waals surface area (Å²) in [5.41, 5.74) is 2.46. The maximum atomic E-state index is 5.52. The number of rotatable bonds is 2. The molecule has 0 aliphatic carbocycles. The summed E-state index contributed by atoms with van der Waals surface area (Å²) in [6.07, 6.45) is 5.19. The summed E-state index contributed by atoms with van der Waals surface area (Å²) in [7, 11) is 0.